The molecule has 67 heavy (non-hydrogen) atoms. The first kappa shape index (κ1) is 50.8. The number of halogens is 3. The van der Waals surface area contributed by atoms with Crippen molar-refractivity contribution in [2.75, 3.05) is 39.7 Å². The summed E-state index contributed by atoms with van der Waals surface area (Å²) in [6.45, 7) is 8.09. The number of alkyl halides is 3. The zero-order valence-corrected chi connectivity index (χ0v) is 39.3. The van der Waals surface area contributed by atoms with Gasteiger partial charge in [0.05, 0.1) is 46.0 Å². The number of fused-ring (bicyclic) bond motifs is 1. The zero-order chi connectivity index (χ0) is 48.3. The number of aryl methyl sites for hydroxylation is 1. The van der Waals surface area contributed by atoms with Gasteiger partial charge >= 0.3 is 12.1 Å². The second-order valence-electron chi connectivity index (χ2n) is 16.5. The molecule has 16 nitrogen and oxygen atoms in total. The minimum Gasteiger partial charge on any atom is -0.497 e. The van der Waals surface area contributed by atoms with Crippen LogP contribution in [-0.2, 0) is 35.3 Å². The molecule has 3 heterocycles. The summed E-state index contributed by atoms with van der Waals surface area (Å²) in [5.41, 5.74) is 6.94. The van der Waals surface area contributed by atoms with Crippen molar-refractivity contribution in [3.63, 3.8) is 0 Å². The van der Waals surface area contributed by atoms with Gasteiger partial charge in [0.2, 0.25) is 5.95 Å². The summed E-state index contributed by atoms with van der Waals surface area (Å²) in [4.78, 5) is 36.4. The molecule has 1 aliphatic heterocycles. The molecule has 360 valence electrons. The van der Waals surface area contributed by atoms with Gasteiger partial charge in [0, 0.05) is 31.5 Å². The van der Waals surface area contributed by atoms with Gasteiger partial charge in [0.15, 0.2) is 11.2 Å². The van der Waals surface area contributed by atoms with Crippen LogP contribution in [0.1, 0.15) is 88.5 Å². The average Bonchev–Trinajstić information content (AvgIpc) is 3.88. The van der Waals surface area contributed by atoms with Crippen LogP contribution in [0.15, 0.2) is 83.7 Å². The Labute approximate surface area is 388 Å². The van der Waals surface area contributed by atoms with E-state index in [0.29, 0.717) is 30.2 Å². The Morgan fingerprint density at radius 2 is 1.57 bits per heavy atom. The van der Waals surface area contributed by atoms with E-state index in [9.17, 15) is 28.0 Å². The SMILES string of the molecule is COc1ccc(C(OC[C@H]2O[C@@H](n3c(CCCCCNC(=O)C(F)(F)F)nc4c(=O)[nH]c(N)nc43)C[C@@H]2OP(OCCC#N)N(C(C)C)C(C)C)(c2ccccc2)c2ccc(OC)cc2)cc1. The maximum absolute atomic E-state index is 13.3. The minimum absolute atomic E-state index is 0.0123. The van der Waals surface area contributed by atoms with Crippen molar-refractivity contribution in [2.24, 2.45) is 0 Å². The lowest BCUT2D eigenvalue weighted by atomic mass is 9.80. The molecule has 2 aromatic heterocycles. The quantitative estimate of drug-likeness (QED) is 0.0323. The zero-order valence-electron chi connectivity index (χ0n) is 38.4. The number of ether oxygens (including phenoxy) is 4. The summed E-state index contributed by atoms with van der Waals surface area (Å²) in [6.07, 6.45) is -5.54. The number of benzene rings is 3. The Kier molecular flexibility index (Phi) is 17.4. The molecule has 1 unspecified atom stereocenters. The first-order valence-corrected chi connectivity index (χ1v) is 23.2. The van der Waals surface area contributed by atoms with E-state index >= 15 is 0 Å². The predicted molar refractivity (Wildman–Crippen MR) is 246 cm³/mol. The van der Waals surface area contributed by atoms with Crippen LogP contribution in [0.3, 0.4) is 0 Å². The molecule has 1 amide bonds. The maximum Gasteiger partial charge on any atom is 0.471 e. The van der Waals surface area contributed by atoms with Gasteiger partial charge in [-0.3, -0.25) is 19.1 Å². The monoisotopic (exact) mass is 950 g/mol. The van der Waals surface area contributed by atoms with Crippen LogP contribution in [-0.4, -0.2) is 94.5 Å². The van der Waals surface area contributed by atoms with E-state index in [4.69, 9.17) is 38.7 Å². The smallest absolute Gasteiger partial charge is 0.471 e. The number of imidazole rings is 1. The van der Waals surface area contributed by atoms with Crippen molar-refractivity contribution in [1.29, 1.82) is 5.26 Å². The van der Waals surface area contributed by atoms with Gasteiger partial charge in [0.25, 0.3) is 14.1 Å². The molecule has 4 atom stereocenters. The Balaban J connectivity index is 1.42. The number of nitrogen functional groups attached to an aromatic ring is 1. The number of nitrogens with one attached hydrogen (secondary N) is 2. The maximum atomic E-state index is 13.3. The van der Waals surface area contributed by atoms with Crippen molar-refractivity contribution >= 4 is 31.5 Å². The number of carbonyl (C=O) groups is 1. The number of hydrogen-bond acceptors (Lipinski definition) is 13. The van der Waals surface area contributed by atoms with E-state index in [0.717, 1.165) is 16.7 Å². The highest BCUT2D eigenvalue weighted by molar-refractivity contribution is 7.44. The number of methoxy groups -OCH3 is 2. The van der Waals surface area contributed by atoms with E-state index in [1.165, 1.54) is 0 Å². The van der Waals surface area contributed by atoms with Crippen molar-refractivity contribution in [3.05, 3.63) is 112 Å². The minimum atomic E-state index is -4.97. The molecule has 20 heteroatoms. The molecule has 0 aliphatic carbocycles. The third kappa shape index (κ3) is 12.1. The highest BCUT2D eigenvalue weighted by Gasteiger charge is 2.46. The number of rotatable bonds is 23. The van der Waals surface area contributed by atoms with Crippen LogP contribution < -0.4 is 26.1 Å². The molecule has 1 saturated heterocycles. The third-order valence-electron chi connectivity index (χ3n) is 11.3. The molecule has 4 N–H and O–H groups in total. The second-order valence-corrected chi connectivity index (χ2v) is 17.9. The molecular formula is C47H58F3N8O8P. The van der Waals surface area contributed by atoms with Gasteiger partial charge in [0.1, 0.15) is 35.3 Å². The van der Waals surface area contributed by atoms with Crippen molar-refractivity contribution in [1.82, 2.24) is 29.5 Å². The number of unbranched alkanes of at least 4 members (excludes halogenated alkanes) is 2. The molecule has 0 saturated carbocycles. The lowest BCUT2D eigenvalue weighted by Gasteiger charge is -2.39. The molecule has 0 spiro atoms. The number of nitrogens with zero attached hydrogens (tertiary/aromatic N) is 5. The Morgan fingerprint density at radius 3 is 2.13 bits per heavy atom. The van der Waals surface area contributed by atoms with Gasteiger partial charge in [-0.15, -0.1) is 0 Å². The fourth-order valence-corrected chi connectivity index (χ4v) is 9.98. The lowest BCUT2D eigenvalue weighted by Crippen LogP contribution is -2.39. The van der Waals surface area contributed by atoms with E-state index in [1.807, 2.05) is 112 Å². The lowest BCUT2D eigenvalue weighted by molar-refractivity contribution is -0.173. The van der Waals surface area contributed by atoms with Crippen LogP contribution >= 0.6 is 8.53 Å². The Morgan fingerprint density at radius 1 is 0.955 bits per heavy atom. The van der Waals surface area contributed by atoms with Crippen LogP contribution in [0.25, 0.3) is 11.2 Å². The van der Waals surface area contributed by atoms with Gasteiger partial charge in [-0.05, 0) is 81.5 Å². The van der Waals surface area contributed by atoms with Gasteiger partial charge < -0.3 is 39.0 Å². The molecule has 1 aliphatic rings. The summed E-state index contributed by atoms with van der Waals surface area (Å²) < 4.78 is 81.1. The summed E-state index contributed by atoms with van der Waals surface area (Å²) in [5.74, 6) is -0.391. The molecule has 3 aromatic carbocycles. The number of amides is 1. The Bertz CT molecular complexity index is 2430. The number of aromatic nitrogens is 4. The van der Waals surface area contributed by atoms with Crippen molar-refractivity contribution in [2.45, 2.75) is 109 Å². The molecule has 1 fully saturated rings. The molecule has 0 radical (unpaired) electrons. The van der Waals surface area contributed by atoms with Crippen LogP contribution in [0.5, 0.6) is 11.5 Å². The van der Waals surface area contributed by atoms with E-state index in [-0.39, 0.29) is 74.6 Å². The number of aromatic amines is 1. The van der Waals surface area contributed by atoms with Crippen LogP contribution in [0.4, 0.5) is 19.1 Å². The number of nitriles is 1. The van der Waals surface area contributed by atoms with E-state index < -0.39 is 50.2 Å². The largest absolute Gasteiger partial charge is 0.497 e. The number of nitrogens with two attached hydrogens (primary N) is 1. The third-order valence-corrected chi connectivity index (χ3v) is 13.4. The topological polar surface area (TPSA) is 201 Å². The number of hydrogen-bond donors (Lipinski definition) is 3. The molecular weight excluding hydrogens is 893 g/mol. The normalized spacial score (nSPS) is 17.0. The van der Waals surface area contributed by atoms with Crippen LogP contribution in [0.2, 0.25) is 0 Å². The average molecular weight is 951 g/mol. The first-order valence-electron chi connectivity index (χ1n) is 22.1. The summed E-state index contributed by atoms with van der Waals surface area (Å²) in [5, 5.41) is 11.4. The number of anilines is 1. The summed E-state index contributed by atoms with van der Waals surface area (Å²) >= 11 is 0. The molecule has 6 rings (SSSR count). The second kappa shape index (κ2) is 22.9. The number of H-pyrrole nitrogens is 1. The fourth-order valence-electron chi connectivity index (χ4n) is 8.22. The Hall–Kier alpha value is -5.61. The molecule has 0 bridgehead atoms. The van der Waals surface area contributed by atoms with Crippen LogP contribution in [0, 0.1) is 11.3 Å². The molecule has 5 aromatic rings. The summed E-state index contributed by atoms with van der Waals surface area (Å²) in [6, 6.07) is 27.2. The van der Waals surface area contributed by atoms with Crippen molar-refractivity contribution < 1.29 is 46.0 Å². The standard InChI is InChI=1S/C47H58F3N8O8P/c1-30(2)58(31(3)4)67(64-27-13-25-51)66-37-28-40(57-39(54-41-42(57)55-45(52)56-43(41)59)16-11-8-12-26-53-44(60)47(48,49)50)65-38(37)29-63-46(32-14-9-7-10-15-32,33-17-21-35(61-5)22-18-33)34-19-23-36(62-6)24-20-34/h7,9-10,14-15,17-24,30-31,37-38,40H,8,11-13,16,26-29H2,1-6H3,(H,53,60)(H3,52,55,56,59)/t37-,38+,40+,67?/m0/s1. The van der Waals surface area contributed by atoms with Gasteiger partial charge in [-0.1, -0.05) is 61.0 Å². The van der Waals surface area contributed by atoms with Gasteiger partial charge in [-0.2, -0.15) is 23.4 Å². The summed E-state index contributed by atoms with van der Waals surface area (Å²) in [7, 11) is 1.42. The van der Waals surface area contributed by atoms with Gasteiger partial charge in [-0.25, -0.2) is 9.65 Å². The highest BCUT2D eigenvalue weighted by atomic mass is 31.2. The number of carbonyl (C=O) groups excluding carboxylic acids is 1. The van der Waals surface area contributed by atoms with E-state index in [1.54, 1.807) is 18.8 Å². The highest BCUT2D eigenvalue weighted by Crippen LogP contribution is 2.51. The first-order chi connectivity index (χ1) is 32.1. The fraction of sp³-hybridized carbons (Fsp3) is 0.468. The van der Waals surface area contributed by atoms with E-state index in [2.05, 4.69) is 20.7 Å². The van der Waals surface area contributed by atoms with Crippen molar-refractivity contribution in [3.8, 4) is 17.6 Å². The predicted octanol–water partition coefficient (Wildman–Crippen LogP) is 8.07.